The van der Waals surface area contributed by atoms with Gasteiger partial charge < -0.3 is 24.8 Å². The predicted octanol–water partition coefficient (Wildman–Crippen LogP) is 1.86. The van der Waals surface area contributed by atoms with Crippen LogP contribution in [0.5, 0.6) is 0 Å². The van der Waals surface area contributed by atoms with E-state index in [4.69, 9.17) is 4.74 Å². The number of carbonyl (C=O) groups is 5. The largest absolute Gasteiger partial charge is 0.467 e. The molecule has 0 aliphatic carbocycles. The Balaban J connectivity index is 2.50. The van der Waals surface area contributed by atoms with Gasteiger partial charge in [0.25, 0.3) is 0 Å². The van der Waals surface area contributed by atoms with Gasteiger partial charge in [0.05, 0.1) is 21.3 Å². The SMILES string of the molecule is COC(=O)CC[C@H](NC(=O)N[C@@H](CCCCNC(=O)Nc1cc[c]([Sn]([CH3])([CH3])[CH3])cc1)C(=O)OC)C(=O)OC. The Labute approximate surface area is 227 Å². The number of carbonyl (C=O) groups excluding carboxylic acids is 5. The number of amides is 4. The molecule has 0 aromatic heterocycles. The molecule has 13 heteroatoms. The molecule has 12 nitrogen and oxygen atoms in total. The zero-order valence-electron chi connectivity index (χ0n) is 23.0. The van der Waals surface area contributed by atoms with E-state index >= 15 is 0 Å². The van der Waals surface area contributed by atoms with Crippen molar-refractivity contribution in [2.75, 3.05) is 33.2 Å². The van der Waals surface area contributed by atoms with Gasteiger partial charge in [0.2, 0.25) is 0 Å². The molecule has 4 amide bonds. The number of hydrogen-bond donors (Lipinski definition) is 4. The number of nitrogens with one attached hydrogen (secondary N) is 4. The van der Waals surface area contributed by atoms with E-state index in [0.29, 0.717) is 25.1 Å². The zero-order valence-corrected chi connectivity index (χ0v) is 25.8. The topological polar surface area (TPSA) is 161 Å². The second-order valence-electron chi connectivity index (χ2n) is 9.59. The summed E-state index contributed by atoms with van der Waals surface area (Å²) in [4.78, 5) is 67.0. The summed E-state index contributed by atoms with van der Waals surface area (Å²) in [5, 5.41) is 10.4. The molecular formula is C25H40N4O8Sn. The van der Waals surface area contributed by atoms with Crippen molar-refractivity contribution in [2.45, 2.75) is 59.0 Å². The molecule has 38 heavy (non-hydrogen) atoms. The average Bonchev–Trinajstić information content (AvgIpc) is 2.88. The first-order valence-electron chi connectivity index (χ1n) is 12.4. The Morgan fingerprint density at radius 1 is 0.763 bits per heavy atom. The molecule has 4 N–H and O–H groups in total. The van der Waals surface area contributed by atoms with E-state index in [1.807, 2.05) is 12.1 Å². The number of esters is 3. The van der Waals surface area contributed by atoms with Crippen LogP contribution in [0.2, 0.25) is 14.8 Å². The van der Waals surface area contributed by atoms with Crippen LogP contribution in [0, 0.1) is 0 Å². The van der Waals surface area contributed by atoms with Gasteiger partial charge in [-0.05, 0) is 6.42 Å². The molecule has 0 fully saturated rings. The minimum Gasteiger partial charge on any atom is -0.467 e. The van der Waals surface area contributed by atoms with Crippen LogP contribution in [-0.2, 0) is 28.6 Å². The molecule has 1 aromatic carbocycles. The Morgan fingerprint density at radius 2 is 1.32 bits per heavy atom. The standard InChI is InChI=1S/C22H31N4O8.3CH3.Sn/c1-32-18(27)13-12-17(20(29)34-3)26-22(31)25-16(19(28)33-2)11-7-8-14-23-21(30)24-15-9-5-4-6-10-15;;;;/h5-6,9-10,16-17H,7-8,11-14H2,1-3H3,(H2,23,24,30)(H2,25,26,31);3*1H3;/t16-,17-;;;;/m0..../s1. The molecular weight excluding hydrogens is 603 g/mol. The molecule has 0 saturated heterocycles. The van der Waals surface area contributed by atoms with E-state index in [1.165, 1.54) is 17.8 Å². The quantitative estimate of drug-likeness (QED) is 0.103. The van der Waals surface area contributed by atoms with E-state index in [1.54, 1.807) is 0 Å². The monoisotopic (exact) mass is 644 g/mol. The molecule has 1 aromatic rings. The Morgan fingerprint density at radius 3 is 1.82 bits per heavy atom. The summed E-state index contributed by atoms with van der Waals surface area (Å²) in [5.74, 6) is -1.94. The van der Waals surface area contributed by atoms with Crippen LogP contribution in [0.4, 0.5) is 15.3 Å². The van der Waals surface area contributed by atoms with Crippen LogP contribution in [0.15, 0.2) is 24.3 Å². The van der Waals surface area contributed by atoms with E-state index in [2.05, 4.69) is 57.7 Å². The van der Waals surface area contributed by atoms with Crippen LogP contribution >= 0.6 is 0 Å². The van der Waals surface area contributed by atoms with Crippen LogP contribution in [0.1, 0.15) is 32.1 Å². The first-order chi connectivity index (χ1) is 17.9. The minimum absolute atomic E-state index is 0.0350. The number of benzene rings is 1. The van der Waals surface area contributed by atoms with Gasteiger partial charge in [-0.1, -0.05) is 0 Å². The molecule has 0 aliphatic heterocycles. The summed E-state index contributed by atoms with van der Waals surface area (Å²) < 4.78 is 15.3. The molecule has 0 aliphatic rings. The predicted molar refractivity (Wildman–Crippen MR) is 145 cm³/mol. The van der Waals surface area contributed by atoms with Crippen LogP contribution in [0.25, 0.3) is 0 Å². The van der Waals surface area contributed by atoms with Gasteiger partial charge in [0.1, 0.15) is 6.04 Å². The van der Waals surface area contributed by atoms with Gasteiger partial charge in [-0.15, -0.1) is 0 Å². The van der Waals surface area contributed by atoms with Crippen molar-refractivity contribution < 1.29 is 38.2 Å². The molecule has 212 valence electrons. The summed E-state index contributed by atoms with van der Waals surface area (Å²) in [6, 6.07) is 4.72. The fraction of sp³-hybridized carbons (Fsp3) is 0.560. The van der Waals surface area contributed by atoms with Crippen molar-refractivity contribution in [3.63, 3.8) is 0 Å². The Bertz CT molecular complexity index is 950. The number of unbranched alkanes of at least 4 members (excludes halogenated alkanes) is 1. The molecule has 0 bridgehead atoms. The maximum absolute atomic E-state index is 12.4. The van der Waals surface area contributed by atoms with Crippen LogP contribution < -0.4 is 24.8 Å². The summed E-state index contributed by atoms with van der Waals surface area (Å²) >= 11 is -2.14. The van der Waals surface area contributed by atoms with Gasteiger partial charge in [-0.3, -0.25) is 4.79 Å². The van der Waals surface area contributed by atoms with Crippen LogP contribution in [-0.4, -0.2) is 88.3 Å². The number of rotatable bonds is 14. The third-order valence-corrected chi connectivity index (χ3v) is 11.6. The van der Waals surface area contributed by atoms with Gasteiger partial charge in [-0.25, -0.2) is 14.4 Å². The maximum Gasteiger partial charge on any atom is 0.328 e. The maximum atomic E-state index is 12.4. The van der Waals surface area contributed by atoms with E-state index < -0.39 is 54.4 Å². The van der Waals surface area contributed by atoms with Gasteiger partial charge in [0, 0.05) is 6.42 Å². The second kappa shape index (κ2) is 16.7. The number of urea groups is 2. The van der Waals surface area contributed by atoms with Crippen molar-refractivity contribution >= 4 is 57.6 Å². The van der Waals surface area contributed by atoms with E-state index in [9.17, 15) is 24.0 Å². The van der Waals surface area contributed by atoms with Crippen molar-refractivity contribution in [1.82, 2.24) is 16.0 Å². The minimum atomic E-state index is -2.14. The van der Waals surface area contributed by atoms with Gasteiger partial charge in [-0.2, -0.15) is 0 Å². The summed E-state index contributed by atoms with van der Waals surface area (Å²) in [5.41, 5.74) is 0.708. The van der Waals surface area contributed by atoms with Crippen molar-refractivity contribution in [3.8, 4) is 0 Å². The third-order valence-electron chi connectivity index (χ3n) is 5.66. The normalized spacial score (nSPS) is 12.4. The van der Waals surface area contributed by atoms with Gasteiger partial charge in [0.15, 0.2) is 0 Å². The molecule has 0 heterocycles. The summed E-state index contributed by atoms with van der Waals surface area (Å²) in [6.07, 6.45) is 1.14. The van der Waals surface area contributed by atoms with Crippen molar-refractivity contribution in [2.24, 2.45) is 0 Å². The van der Waals surface area contributed by atoms with Gasteiger partial charge >= 0.3 is 144 Å². The molecule has 0 saturated carbocycles. The first-order valence-corrected chi connectivity index (χ1v) is 22.3. The fourth-order valence-corrected chi connectivity index (χ4v) is 6.74. The number of methoxy groups -OCH3 is 3. The third kappa shape index (κ3) is 12.5. The second-order valence-corrected chi connectivity index (χ2v) is 24.1. The molecule has 2 atom stereocenters. The molecule has 0 unspecified atom stereocenters. The fourth-order valence-electron chi connectivity index (χ4n) is 3.41. The first kappa shape index (κ1) is 33.0. The van der Waals surface area contributed by atoms with E-state index in [0.717, 1.165) is 7.11 Å². The zero-order chi connectivity index (χ0) is 28.7. The summed E-state index contributed by atoms with van der Waals surface area (Å²) in [6.45, 7) is 0.362. The molecule has 0 radical (unpaired) electrons. The smallest absolute Gasteiger partial charge is 0.328 e. The average molecular weight is 643 g/mol. The van der Waals surface area contributed by atoms with Crippen molar-refractivity contribution in [3.05, 3.63) is 24.3 Å². The Kier molecular flexibility index (Phi) is 14.5. The number of anilines is 1. The van der Waals surface area contributed by atoms with Crippen LogP contribution in [0.3, 0.4) is 0 Å². The molecule has 1 rings (SSSR count). The Hall–Kier alpha value is -3.03. The summed E-state index contributed by atoms with van der Waals surface area (Å²) in [7, 11) is 3.57. The van der Waals surface area contributed by atoms with Crippen molar-refractivity contribution in [1.29, 1.82) is 0 Å². The molecule has 0 spiro atoms. The number of ether oxygens (including phenoxy) is 3. The number of hydrogen-bond acceptors (Lipinski definition) is 8. The van der Waals surface area contributed by atoms with E-state index in [-0.39, 0.29) is 25.3 Å².